The van der Waals surface area contributed by atoms with E-state index in [-0.39, 0.29) is 5.56 Å². The third-order valence-electron chi connectivity index (χ3n) is 2.82. The first kappa shape index (κ1) is 13.6. The van der Waals surface area contributed by atoms with E-state index in [0.29, 0.717) is 12.1 Å². The molecule has 0 aliphatic rings. The van der Waals surface area contributed by atoms with Gasteiger partial charge in [0, 0.05) is 18.3 Å². The number of aromatic nitrogens is 2. The molecule has 0 radical (unpaired) electrons. The number of nitrogens with zero attached hydrogens (tertiary/aromatic N) is 2. The summed E-state index contributed by atoms with van der Waals surface area (Å²) < 4.78 is 39.4. The van der Waals surface area contributed by atoms with Gasteiger partial charge in [-0.25, -0.2) is 0 Å². The summed E-state index contributed by atoms with van der Waals surface area (Å²) in [6.07, 6.45) is -2.45. The lowest BCUT2D eigenvalue weighted by Gasteiger charge is -2.12. The monoisotopic (exact) mass is 270 g/mol. The Morgan fingerprint density at radius 1 is 1.32 bits per heavy atom. The molecular weight excluding hydrogens is 257 g/mol. The second-order valence-corrected chi connectivity index (χ2v) is 4.16. The van der Waals surface area contributed by atoms with Gasteiger partial charge >= 0.3 is 6.18 Å². The molecule has 0 bridgehead atoms. The Hall–Kier alpha value is -1.82. The van der Waals surface area contributed by atoms with Crippen LogP contribution in [0.5, 0.6) is 0 Å². The highest BCUT2D eigenvalue weighted by Gasteiger charge is 2.31. The Morgan fingerprint density at radius 3 is 2.63 bits per heavy atom. The zero-order valence-electron chi connectivity index (χ0n) is 10.2. The van der Waals surface area contributed by atoms with Gasteiger partial charge in [0.25, 0.3) is 0 Å². The number of halogens is 3. The molecule has 3 nitrogen and oxygen atoms in total. The minimum Gasteiger partial charge on any atom is -0.384 e. The quantitative estimate of drug-likeness (QED) is 0.931. The lowest BCUT2D eigenvalue weighted by molar-refractivity contribution is -0.137. The van der Waals surface area contributed by atoms with Crippen molar-refractivity contribution in [1.29, 1.82) is 0 Å². The Bertz CT molecular complexity index is 563. The van der Waals surface area contributed by atoms with E-state index in [0.717, 1.165) is 12.1 Å². The van der Waals surface area contributed by atoms with Gasteiger partial charge in [-0.2, -0.15) is 18.3 Å². The van der Waals surface area contributed by atoms with Crippen LogP contribution in [0, 0.1) is 0 Å². The van der Waals surface area contributed by atoms with Gasteiger partial charge in [0.05, 0.1) is 11.8 Å². The Balaban J connectivity index is 2.31. The van der Waals surface area contributed by atoms with Crippen LogP contribution in [0.15, 0.2) is 36.7 Å². The van der Waals surface area contributed by atoms with E-state index in [1.807, 2.05) is 6.92 Å². The highest BCUT2D eigenvalue weighted by molar-refractivity contribution is 5.32. The molecule has 1 atom stereocenters. The molecule has 0 aliphatic carbocycles. The highest BCUT2D eigenvalue weighted by atomic mass is 19.4. The van der Waals surface area contributed by atoms with Gasteiger partial charge < -0.3 is 5.11 Å². The number of hydrogen-bond acceptors (Lipinski definition) is 2. The number of hydrogen-bond donors (Lipinski definition) is 1. The van der Waals surface area contributed by atoms with Gasteiger partial charge in [0.2, 0.25) is 0 Å². The maximum absolute atomic E-state index is 12.6. The van der Waals surface area contributed by atoms with Crippen molar-refractivity contribution in [1.82, 2.24) is 9.78 Å². The van der Waals surface area contributed by atoms with Crippen molar-refractivity contribution in [2.75, 3.05) is 0 Å². The zero-order chi connectivity index (χ0) is 14.0. The van der Waals surface area contributed by atoms with Crippen molar-refractivity contribution in [3.8, 4) is 0 Å². The van der Waals surface area contributed by atoms with Crippen LogP contribution >= 0.6 is 0 Å². The summed E-state index contributed by atoms with van der Waals surface area (Å²) in [4.78, 5) is 0. The summed E-state index contributed by atoms with van der Waals surface area (Å²) in [7, 11) is 0. The predicted octanol–water partition coefficient (Wildman–Crippen LogP) is 3.00. The van der Waals surface area contributed by atoms with Crippen LogP contribution in [0.25, 0.3) is 0 Å². The summed E-state index contributed by atoms with van der Waals surface area (Å²) in [6, 6.07) is 4.68. The van der Waals surface area contributed by atoms with E-state index in [9.17, 15) is 18.3 Å². The van der Waals surface area contributed by atoms with Crippen molar-refractivity contribution in [3.63, 3.8) is 0 Å². The van der Waals surface area contributed by atoms with E-state index < -0.39 is 17.8 Å². The predicted molar refractivity (Wildman–Crippen MR) is 63.4 cm³/mol. The summed E-state index contributed by atoms with van der Waals surface area (Å²) in [5.74, 6) is 0. The molecule has 1 aromatic carbocycles. The van der Waals surface area contributed by atoms with Crippen LogP contribution < -0.4 is 0 Å². The average molecular weight is 270 g/mol. The first-order valence-corrected chi connectivity index (χ1v) is 5.79. The van der Waals surface area contributed by atoms with Gasteiger partial charge in [0.15, 0.2) is 0 Å². The molecule has 1 N–H and O–H groups in total. The first-order valence-electron chi connectivity index (χ1n) is 5.79. The van der Waals surface area contributed by atoms with Gasteiger partial charge in [-0.1, -0.05) is 12.1 Å². The second kappa shape index (κ2) is 5.05. The van der Waals surface area contributed by atoms with E-state index in [4.69, 9.17) is 0 Å². The van der Waals surface area contributed by atoms with E-state index in [1.54, 1.807) is 10.9 Å². The molecule has 0 spiro atoms. The maximum Gasteiger partial charge on any atom is 0.416 e. The van der Waals surface area contributed by atoms with Crippen molar-refractivity contribution in [2.24, 2.45) is 0 Å². The fraction of sp³-hybridized carbons (Fsp3) is 0.308. The normalized spacial score (nSPS) is 13.5. The highest BCUT2D eigenvalue weighted by Crippen LogP contribution is 2.31. The van der Waals surface area contributed by atoms with Crippen molar-refractivity contribution in [3.05, 3.63) is 53.3 Å². The Labute approximate surface area is 108 Å². The molecule has 1 aromatic heterocycles. The molecule has 1 unspecified atom stereocenters. The average Bonchev–Trinajstić information content (AvgIpc) is 2.86. The van der Waals surface area contributed by atoms with Gasteiger partial charge in [-0.05, 0) is 24.6 Å². The maximum atomic E-state index is 12.6. The summed E-state index contributed by atoms with van der Waals surface area (Å²) in [6.45, 7) is 2.52. The summed E-state index contributed by atoms with van der Waals surface area (Å²) in [5.41, 5.74) is -0.0985. The number of rotatable bonds is 3. The third kappa shape index (κ3) is 2.96. The SMILES string of the molecule is CCn1cc(C(O)c2cccc(C(F)(F)F)c2)cn1. The Kier molecular flexibility index (Phi) is 3.61. The van der Waals surface area contributed by atoms with Crippen molar-refractivity contribution < 1.29 is 18.3 Å². The topological polar surface area (TPSA) is 38.0 Å². The van der Waals surface area contributed by atoms with Crippen LogP contribution in [0.1, 0.15) is 29.7 Å². The number of aliphatic hydroxyl groups excluding tert-OH is 1. The van der Waals surface area contributed by atoms with E-state index >= 15 is 0 Å². The van der Waals surface area contributed by atoms with E-state index in [1.165, 1.54) is 18.3 Å². The number of aliphatic hydroxyl groups is 1. The first-order chi connectivity index (χ1) is 8.91. The van der Waals surface area contributed by atoms with Crippen molar-refractivity contribution in [2.45, 2.75) is 25.7 Å². The van der Waals surface area contributed by atoms with Gasteiger partial charge in [0.1, 0.15) is 6.10 Å². The summed E-state index contributed by atoms with van der Waals surface area (Å²) in [5, 5.41) is 14.1. The van der Waals surface area contributed by atoms with Crippen LogP contribution in [-0.4, -0.2) is 14.9 Å². The third-order valence-corrected chi connectivity index (χ3v) is 2.82. The van der Waals surface area contributed by atoms with Crippen LogP contribution in [-0.2, 0) is 12.7 Å². The van der Waals surface area contributed by atoms with Gasteiger partial charge in [-0.3, -0.25) is 4.68 Å². The zero-order valence-corrected chi connectivity index (χ0v) is 10.2. The summed E-state index contributed by atoms with van der Waals surface area (Å²) >= 11 is 0. The molecule has 0 saturated carbocycles. The molecule has 2 aromatic rings. The minimum absolute atomic E-state index is 0.200. The molecule has 0 aliphatic heterocycles. The number of benzene rings is 1. The lowest BCUT2D eigenvalue weighted by Crippen LogP contribution is -2.07. The Morgan fingerprint density at radius 2 is 2.05 bits per heavy atom. The van der Waals surface area contributed by atoms with Crippen molar-refractivity contribution >= 4 is 0 Å². The molecular formula is C13H13F3N2O. The molecule has 0 fully saturated rings. The number of aryl methyl sites for hydroxylation is 1. The fourth-order valence-electron chi connectivity index (χ4n) is 1.77. The molecule has 1 heterocycles. The second-order valence-electron chi connectivity index (χ2n) is 4.16. The number of alkyl halides is 3. The molecule has 102 valence electrons. The van der Waals surface area contributed by atoms with Gasteiger partial charge in [-0.15, -0.1) is 0 Å². The smallest absolute Gasteiger partial charge is 0.384 e. The minimum atomic E-state index is -4.41. The molecule has 2 rings (SSSR count). The lowest BCUT2D eigenvalue weighted by atomic mass is 10.0. The van der Waals surface area contributed by atoms with Crippen LogP contribution in [0.3, 0.4) is 0 Å². The molecule has 0 saturated heterocycles. The molecule has 0 amide bonds. The largest absolute Gasteiger partial charge is 0.416 e. The molecule has 6 heteroatoms. The van der Waals surface area contributed by atoms with E-state index in [2.05, 4.69) is 5.10 Å². The standard InChI is InChI=1S/C13H13F3N2O/c1-2-18-8-10(7-17-18)12(19)9-4-3-5-11(6-9)13(14,15)16/h3-8,12,19H,2H2,1H3. The van der Waals surface area contributed by atoms with Crippen LogP contribution in [0.4, 0.5) is 13.2 Å². The fourth-order valence-corrected chi connectivity index (χ4v) is 1.77. The molecule has 19 heavy (non-hydrogen) atoms. The van der Waals surface area contributed by atoms with Crippen LogP contribution in [0.2, 0.25) is 0 Å².